The molecule has 0 aliphatic carbocycles. The summed E-state index contributed by atoms with van der Waals surface area (Å²) in [5.41, 5.74) is 1.08. The van der Waals surface area contributed by atoms with E-state index in [1.54, 1.807) is 23.1 Å². The smallest absolute Gasteiger partial charge is 0.264 e. The van der Waals surface area contributed by atoms with Crippen molar-refractivity contribution < 1.29 is 14.7 Å². The van der Waals surface area contributed by atoms with Gasteiger partial charge in [0.2, 0.25) is 0 Å². The minimum absolute atomic E-state index is 0.307. The van der Waals surface area contributed by atoms with E-state index in [0.717, 1.165) is 21.9 Å². The van der Waals surface area contributed by atoms with Gasteiger partial charge in [0.25, 0.3) is 5.91 Å². The number of hydrogen-bond acceptors (Lipinski definition) is 3. The fourth-order valence-corrected chi connectivity index (χ4v) is 4.50. The summed E-state index contributed by atoms with van der Waals surface area (Å²) in [7, 11) is 0. The molecular formula is C29H23NO3. The number of rotatable bonds is 6. The number of ketones is 1. The van der Waals surface area contributed by atoms with Crippen LogP contribution in [-0.2, 0) is 21.7 Å². The highest BCUT2D eigenvalue weighted by Crippen LogP contribution is 2.43. The summed E-state index contributed by atoms with van der Waals surface area (Å²) in [5.74, 6) is -0.783. The molecule has 4 aromatic rings. The first kappa shape index (κ1) is 20.9. The standard InChI is InChI=1S/C29H23NO3/c31-24(18-17-21-9-2-1-3-10-21)19-29(33)26-15-6-7-16-27(26)30(28(29)32)20-23-13-8-12-22-11-4-5-14-25(22)23/h1-18,33H,19-20H2/b18-17+/t29-/m0/s1. The molecule has 4 aromatic carbocycles. The zero-order chi connectivity index (χ0) is 22.8. The topological polar surface area (TPSA) is 57.6 Å². The number of hydrogen-bond donors (Lipinski definition) is 1. The lowest BCUT2D eigenvalue weighted by Crippen LogP contribution is -2.41. The van der Waals surface area contributed by atoms with E-state index in [1.807, 2.05) is 84.9 Å². The van der Waals surface area contributed by atoms with Gasteiger partial charge in [0.15, 0.2) is 11.4 Å². The summed E-state index contributed by atoms with van der Waals surface area (Å²) in [5, 5.41) is 13.6. The van der Waals surface area contributed by atoms with E-state index >= 15 is 0 Å². The first-order valence-corrected chi connectivity index (χ1v) is 10.9. The van der Waals surface area contributed by atoms with Gasteiger partial charge in [-0.2, -0.15) is 0 Å². The van der Waals surface area contributed by atoms with Crippen LogP contribution in [0.2, 0.25) is 0 Å². The molecule has 1 heterocycles. The van der Waals surface area contributed by atoms with Crippen molar-refractivity contribution in [2.24, 2.45) is 0 Å². The van der Waals surface area contributed by atoms with Gasteiger partial charge in [-0.3, -0.25) is 9.59 Å². The number of carbonyl (C=O) groups excluding carboxylic acids is 2. The van der Waals surface area contributed by atoms with E-state index in [4.69, 9.17) is 0 Å². The van der Waals surface area contributed by atoms with Crippen molar-refractivity contribution in [1.29, 1.82) is 0 Å². The lowest BCUT2D eigenvalue weighted by atomic mass is 9.89. The molecule has 4 heteroatoms. The maximum Gasteiger partial charge on any atom is 0.264 e. The molecule has 0 saturated carbocycles. The average molecular weight is 434 g/mol. The summed E-state index contributed by atoms with van der Waals surface area (Å²) in [6, 6.07) is 30.6. The van der Waals surface area contributed by atoms with E-state index in [-0.39, 0.29) is 12.2 Å². The van der Waals surface area contributed by atoms with Gasteiger partial charge in [0.05, 0.1) is 18.7 Å². The van der Waals surface area contributed by atoms with Crippen LogP contribution in [0.5, 0.6) is 0 Å². The maximum absolute atomic E-state index is 13.5. The van der Waals surface area contributed by atoms with Crippen molar-refractivity contribution in [3.05, 3.63) is 120 Å². The van der Waals surface area contributed by atoms with Gasteiger partial charge in [0.1, 0.15) is 0 Å². The van der Waals surface area contributed by atoms with Crippen molar-refractivity contribution in [2.75, 3.05) is 4.90 Å². The van der Waals surface area contributed by atoms with Crippen molar-refractivity contribution >= 4 is 34.2 Å². The Morgan fingerprint density at radius 3 is 2.39 bits per heavy atom. The normalized spacial score (nSPS) is 17.6. The number of anilines is 1. The van der Waals surface area contributed by atoms with Gasteiger partial charge >= 0.3 is 0 Å². The van der Waals surface area contributed by atoms with Gasteiger partial charge in [-0.05, 0) is 34.0 Å². The highest BCUT2D eigenvalue weighted by Gasteiger charge is 2.50. The van der Waals surface area contributed by atoms with Crippen LogP contribution >= 0.6 is 0 Å². The summed E-state index contributed by atoms with van der Waals surface area (Å²) in [4.78, 5) is 27.9. The van der Waals surface area contributed by atoms with Crippen molar-refractivity contribution in [3.63, 3.8) is 0 Å². The Labute approximate surface area is 192 Å². The Morgan fingerprint density at radius 1 is 0.848 bits per heavy atom. The molecule has 0 fully saturated rings. The minimum atomic E-state index is -1.89. The molecule has 0 bridgehead atoms. The Hall–Kier alpha value is -4.02. The van der Waals surface area contributed by atoms with Crippen molar-refractivity contribution in [2.45, 2.75) is 18.6 Å². The first-order chi connectivity index (χ1) is 16.1. The highest BCUT2D eigenvalue weighted by atomic mass is 16.3. The van der Waals surface area contributed by atoms with Crippen LogP contribution in [0.4, 0.5) is 5.69 Å². The predicted molar refractivity (Wildman–Crippen MR) is 131 cm³/mol. The molecule has 1 aliphatic rings. The third-order valence-electron chi connectivity index (χ3n) is 6.14. The predicted octanol–water partition coefficient (Wildman–Crippen LogP) is 5.25. The van der Waals surface area contributed by atoms with Crippen LogP contribution in [0.25, 0.3) is 16.8 Å². The number of allylic oxidation sites excluding steroid dienone is 1. The molecule has 162 valence electrons. The third-order valence-corrected chi connectivity index (χ3v) is 6.14. The average Bonchev–Trinajstić information content (AvgIpc) is 3.05. The maximum atomic E-state index is 13.5. The van der Waals surface area contributed by atoms with Crippen LogP contribution in [-0.4, -0.2) is 16.8 Å². The molecule has 1 aliphatic heterocycles. The van der Waals surface area contributed by atoms with Crippen LogP contribution in [0.15, 0.2) is 103 Å². The molecule has 0 radical (unpaired) electrons. The largest absolute Gasteiger partial charge is 0.375 e. The summed E-state index contributed by atoms with van der Waals surface area (Å²) < 4.78 is 0. The fourth-order valence-electron chi connectivity index (χ4n) is 4.50. The van der Waals surface area contributed by atoms with Crippen LogP contribution in [0.1, 0.15) is 23.1 Å². The zero-order valence-corrected chi connectivity index (χ0v) is 18.0. The number of aliphatic hydroxyl groups is 1. The van der Waals surface area contributed by atoms with Crippen LogP contribution in [0.3, 0.4) is 0 Å². The van der Waals surface area contributed by atoms with E-state index in [2.05, 4.69) is 0 Å². The highest BCUT2D eigenvalue weighted by molar-refractivity contribution is 6.10. The SMILES string of the molecule is O=C(/C=C/c1ccccc1)C[C@@]1(O)C(=O)N(Cc2cccc3ccccc23)c2ccccc21. The molecule has 1 amide bonds. The zero-order valence-electron chi connectivity index (χ0n) is 18.0. The lowest BCUT2D eigenvalue weighted by molar-refractivity contribution is -0.140. The van der Waals surface area contributed by atoms with Gasteiger partial charge in [-0.25, -0.2) is 0 Å². The second-order valence-corrected chi connectivity index (χ2v) is 8.29. The van der Waals surface area contributed by atoms with E-state index < -0.39 is 11.5 Å². The Kier molecular flexibility index (Phi) is 5.37. The second-order valence-electron chi connectivity index (χ2n) is 8.29. The van der Waals surface area contributed by atoms with Gasteiger partial charge in [-0.15, -0.1) is 0 Å². The fraction of sp³-hybridized carbons (Fsp3) is 0.103. The van der Waals surface area contributed by atoms with Crippen LogP contribution < -0.4 is 4.90 Å². The monoisotopic (exact) mass is 433 g/mol. The summed E-state index contributed by atoms with van der Waals surface area (Å²) in [6.07, 6.45) is 2.82. The molecule has 4 nitrogen and oxygen atoms in total. The molecule has 1 atom stereocenters. The van der Waals surface area contributed by atoms with Gasteiger partial charge < -0.3 is 10.0 Å². The Morgan fingerprint density at radius 2 is 1.55 bits per heavy atom. The van der Waals surface area contributed by atoms with Gasteiger partial charge in [0, 0.05) is 5.56 Å². The third kappa shape index (κ3) is 3.86. The minimum Gasteiger partial charge on any atom is -0.375 e. The molecule has 0 saturated heterocycles. The lowest BCUT2D eigenvalue weighted by Gasteiger charge is -2.23. The van der Waals surface area contributed by atoms with Crippen molar-refractivity contribution in [1.82, 2.24) is 0 Å². The molecule has 1 N–H and O–H groups in total. The number of nitrogens with zero attached hydrogens (tertiary/aromatic N) is 1. The molecule has 0 aromatic heterocycles. The second kappa shape index (κ2) is 8.49. The number of benzene rings is 4. The number of fused-ring (bicyclic) bond motifs is 2. The summed E-state index contributed by atoms with van der Waals surface area (Å²) in [6.45, 7) is 0.313. The van der Waals surface area contributed by atoms with Crippen molar-refractivity contribution in [3.8, 4) is 0 Å². The molecule has 0 unspecified atom stereocenters. The van der Waals surface area contributed by atoms with Gasteiger partial charge in [-0.1, -0.05) is 97.1 Å². The van der Waals surface area contributed by atoms with E-state index in [0.29, 0.717) is 17.8 Å². The Balaban J connectivity index is 1.45. The molecule has 5 rings (SSSR count). The first-order valence-electron chi connectivity index (χ1n) is 10.9. The number of carbonyl (C=O) groups is 2. The van der Waals surface area contributed by atoms with Crippen LogP contribution in [0, 0.1) is 0 Å². The molecular weight excluding hydrogens is 410 g/mol. The summed E-state index contributed by atoms with van der Waals surface area (Å²) >= 11 is 0. The Bertz CT molecular complexity index is 1370. The number of amides is 1. The van der Waals surface area contributed by atoms with E-state index in [1.165, 1.54) is 6.08 Å². The van der Waals surface area contributed by atoms with E-state index in [9.17, 15) is 14.7 Å². The number of para-hydroxylation sites is 1. The molecule has 0 spiro atoms. The quantitative estimate of drug-likeness (QED) is 0.423. The molecule has 33 heavy (non-hydrogen) atoms.